The Kier molecular flexibility index (Phi) is 6.82. The molecule has 4 aliphatic carbocycles. The van der Waals surface area contributed by atoms with E-state index < -0.39 is 36.1 Å². The highest BCUT2D eigenvalue weighted by Crippen LogP contribution is 2.67. The van der Waals surface area contributed by atoms with Gasteiger partial charge < -0.3 is 25.2 Å². The van der Waals surface area contributed by atoms with Gasteiger partial charge in [0.2, 0.25) is 0 Å². The summed E-state index contributed by atoms with van der Waals surface area (Å²) in [6.07, 6.45) is 3.49. The molecule has 4 aliphatic rings. The van der Waals surface area contributed by atoms with Gasteiger partial charge in [-0.2, -0.15) is 0 Å². The molecule has 10 atom stereocenters. The SMILES string of the molecule is CCC(=O)OC(C(O)CO)C1C[C@@]2(CO)C(=CC1=O)C[C@@H](C)[C@@H]1[C@@H]2CC[C@]2(C)[C@@H](O)CC[C@@H]12. The normalized spacial score (nSPS) is 44.2. The van der Waals surface area contributed by atoms with Crippen molar-refractivity contribution in [3.8, 4) is 0 Å². The highest BCUT2D eigenvalue weighted by molar-refractivity contribution is 5.94. The molecule has 3 saturated carbocycles. The summed E-state index contributed by atoms with van der Waals surface area (Å²) in [5, 5.41) is 41.7. The largest absolute Gasteiger partial charge is 0.459 e. The van der Waals surface area contributed by atoms with E-state index in [1.807, 2.05) is 0 Å². The van der Waals surface area contributed by atoms with Crippen LogP contribution in [0.4, 0.5) is 0 Å². The van der Waals surface area contributed by atoms with Crippen LogP contribution in [0.3, 0.4) is 0 Å². The van der Waals surface area contributed by atoms with Crippen LogP contribution in [-0.4, -0.2) is 63.7 Å². The Morgan fingerprint density at radius 2 is 1.97 bits per heavy atom. The summed E-state index contributed by atoms with van der Waals surface area (Å²) in [6, 6.07) is 0. The minimum atomic E-state index is -1.36. The molecular weight excluding hydrogens is 424 g/mol. The highest BCUT2D eigenvalue weighted by Gasteiger charge is 2.63. The van der Waals surface area contributed by atoms with Crippen LogP contribution < -0.4 is 0 Å². The fourth-order valence-corrected chi connectivity index (χ4v) is 8.12. The van der Waals surface area contributed by atoms with Crippen molar-refractivity contribution >= 4 is 11.8 Å². The zero-order valence-corrected chi connectivity index (χ0v) is 20.1. The van der Waals surface area contributed by atoms with Crippen molar-refractivity contribution in [3.63, 3.8) is 0 Å². The molecule has 0 spiro atoms. The molecule has 7 nitrogen and oxygen atoms in total. The first kappa shape index (κ1) is 24.8. The lowest BCUT2D eigenvalue weighted by atomic mass is 9.44. The predicted octanol–water partition coefficient (Wildman–Crippen LogP) is 2.00. The molecule has 4 rings (SSSR count). The summed E-state index contributed by atoms with van der Waals surface area (Å²) in [5.41, 5.74) is 0.251. The summed E-state index contributed by atoms with van der Waals surface area (Å²) in [7, 11) is 0. The number of aliphatic hydroxyl groups excluding tert-OH is 4. The minimum absolute atomic E-state index is 0.104. The van der Waals surface area contributed by atoms with Gasteiger partial charge in [0.25, 0.3) is 0 Å². The number of hydrogen-bond donors (Lipinski definition) is 4. The Morgan fingerprint density at radius 1 is 1.24 bits per heavy atom. The second-order valence-electron chi connectivity index (χ2n) is 11.4. The molecule has 0 amide bonds. The third-order valence-electron chi connectivity index (χ3n) is 9.90. The van der Waals surface area contributed by atoms with Gasteiger partial charge in [-0.1, -0.05) is 26.3 Å². The van der Waals surface area contributed by atoms with Crippen molar-refractivity contribution in [2.24, 2.45) is 40.4 Å². The molecule has 0 aromatic rings. The van der Waals surface area contributed by atoms with Gasteiger partial charge in [0.15, 0.2) is 5.78 Å². The van der Waals surface area contributed by atoms with E-state index in [4.69, 9.17) is 4.74 Å². The van der Waals surface area contributed by atoms with E-state index >= 15 is 0 Å². The molecule has 33 heavy (non-hydrogen) atoms. The lowest BCUT2D eigenvalue weighted by molar-refractivity contribution is -0.168. The summed E-state index contributed by atoms with van der Waals surface area (Å²) < 4.78 is 5.47. The van der Waals surface area contributed by atoms with E-state index in [2.05, 4.69) is 13.8 Å². The minimum Gasteiger partial charge on any atom is -0.459 e. The molecule has 0 radical (unpaired) electrons. The van der Waals surface area contributed by atoms with Gasteiger partial charge >= 0.3 is 5.97 Å². The Balaban J connectivity index is 1.72. The van der Waals surface area contributed by atoms with Crippen LogP contribution in [0.15, 0.2) is 11.6 Å². The molecule has 0 aromatic carbocycles. The Morgan fingerprint density at radius 3 is 2.61 bits per heavy atom. The monoisotopic (exact) mass is 464 g/mol. The molecule has 3 unspecified atom stereocenters. The van der Waals surface area contributed by atoms with Crippen LogP contribution in [0, 0.1) is 40.4 Å². The standard InChI is InChI=1S/C26H40O7/c1-4-22(32)33-24(20(30)12-27)16-11-26(13-28)15(10-19(16)29)9-14(2)23-17-5-6-21(31)25(17,3)8-7-18(23)26/h10,14,16-18,20-21,23-24,27-28,30-31H,4-9,11-13H2,1-3H3/t14-,16?,17+,18+,20?,21+,23+,24?,25+,26-/m1/s1. The lowest BCUT2D eigenvalue weighted by Gasteiger charge is -2.61. The zero-order valence-electron chi connectivity index (χ0n) is 20.1. The maximum absolute atomic E-state index is 13.2. The van der Waals surface area contributed by atoms with E-state index in [1.54, 1.807) is 13.0 Å². The van der Waals surface area contributed by atoms with Gasteiger partial charge in [0.1, 0.15) is 12.2 Å². The van der Waals surface area contributed by atoms with Gasteiger partial charge in [-0.05, 0) is 73.7 Å². The topological polar surface area (TPSA) is 124 Å². The van der Waals surface area contributed by atoms with Crippen molar-refractivity contribution in [3.05, 3.63) is 11.6 Å². The molecule has 7 heteroatoms. The second-order valence-corrected chi connectivity index (χ2v) is 11.4. The third kappa shape index (κ3) is 3.79. The molecule has 3 fully saturated rings. The number of ether oxygens (including phenoxy) is 1. The van der Waals surface area contributed by atoms with Crippen molar-refractivity contribution < 1.29 is 34.8 Å². The number of carbonyl (C=O) groups excluding carboxylic acids is 2. The van der Waals surface area contributed by atoms with E-state index in [0.29, 0.717) is 24.2 Å². The first-order valence-corrected chi connectivity index (χ1v) is 12.6. The number of esters is 1. The van der Waals surface area contributed by atoms with Gasteiger partial charge in [-0.15, -0.1) is 0 Å². The number of carbonyl (C=O) groups is 2. The van der Waals surface area contributed by atoms with Crippen LogP contribution in [-0.2, 0) is 14.3 Å². The van der Waals surface area contributed by atoms with Crippen molar-refractivity contribution in [2.45, 2.75) is 84.0 Å². The Hall–Kier alpha value is -1.28. The average Bonchev–Trinajstić information content (AvgIpc) is 3.11. The van der Waals surface area contributed by atoms with Crippen LogP contribution in [0.25, 0.3) is 0 Å². The van der Waals surface area contributed by atoms with Gasteiger partial charge in [0.05, 0.1) is 25.2 Å². The Bertz CT molecular complexity index is 808. The quantitative estimate of drug-likeness (QED) is 0.443. The first-order chi connectivity index (χ1) is 15.6. The summed E-state index contributed by atoms with van der Waals surface area (Å²) in [4.78, 5) is 25.3. The first-order valence-electron chi connectivity index (χ1n) is 12.6. The number of aliphatic hydroxyl groups is 4. The van der Waals surface area contributed by atoms with Crippen LogP contribution >= 0.6 is 0 Å². The number of ketones is 1. The van der Waals surface area contributed by atoms with Gasteiger partial charge in [-0.3, -0.25) is 9.59 Å². The van der Waals surface area contributed by atoms with Crippen molar-refractivity contribution in [2.75, 3.05) is 13.2 Å². The Labute approximate surface area is 196 Å². The van der Waals surface area contributed by atoms with E-state index in [1.165, 1.54) is 0 Å². The summed E-state index contributed by atoms with van der Waals surface area (Å²) in [6.45, 7) is 5.36. The lowest BCUT2D eigenvalue weighted by Crippen LogP contribution is -2.58. The molecule has 0 heterocycles. The van der Waals surface area contributed by atoms with Crippen molar-refractivity contribution in [1.29, 1.82) is 0 Å². The fourth-order valence-electron chi connectivity index (χ4n) is 8.12. The molecule has 0 aliphatic heterocycles. The van der Waals surface area contributed by atoms with E-state index in [0.717, 1.165) is 37.7 Å². The van der Waals surface area contributed by atoms with Gasteiger partial charge in [-0.25, -0.2) is 0 Å². The average molecular weight is 465 g/mol. The highest BCUT2D eigenvalue weighted by atomic mass is 16.6. The number of hydrogen-bond acceptors (Lipinski definition) is 7. The predicted molar refractivity (Wildman–Crippen MR) is 121 cm³/mol. The summed E-state index contributed by atoms with van der Waals surface area (Å²) in [5.74, 6) is -0.343. The maximum Gasteiger partial charge on any atom is 0.305 e. The van der Waals surface area contributed by atoms with Crippen molar-refractivity contribution in [1.82, 2.24) is 0 Å². The third-order valence-corrected chi connectivity index (χ3v) is 9.90. The fraction of sp³-hybridized carbons (Fsp3) is 0.846. The van der Waals surface area contributed by atoms with E-state index in [-0.39, 0.29) is 36.2 Å². The number of rotatable bonds is 6. The molecule has 0 bridgehead atoms. The van der Waals surface area contributed by atoms with Crippen LogP contribution in [0.1, 0.15) is 65.7 Å². The van der Waals surface area contributed by atoms with Crippen LogP contribution in [0.5, 0.6) is 0 Å². The smallest absolute Gasteiger partial charge is 0.305 e. The zero-order chi connectivity index (χ0) is 24.1. The van der Waals surface area contributed by atoms with Gasteiger partial charge in [0, 0.05) is 11.8 Å². The number of fused-ring (bicyclic) bond motifs is 5. The maximum atomic E-state index is 13.2. The van der Waals surface area contributed by atoms with E-state index in [9.17, 15) is 30.0 Å². The second kappa shape index (κ2) is 9.06. The molecule has 186 valence electrons. The molecule has 4 N–H and O–H groups in total. The molecule has 0 aromatic heterocycles. The molecular formula is C26H40O7. The molecule has 0 saturated heterocycles. The van der Waals surface area contributed by atoms with Crippen LogP contribution in [0.2, 0.25) is 0 Å². The summed E-state index contributed by atoms with van der Waals surface area (Å²) >= 11 is 0.